The molecule has 0 aliphatic carbocycles. The molecule has 15 heavy (non-hydrogen) atoms. The van der Waals surface area contributed by atoms with Crippen molar-refractivity contribution in [3.8, 4) is 12.3 Å². The van der Waals surface area contributed by atoms with Crippen LogP contribution in [0.2, 0.25) is 0 Å². The molecule has 0 fully saturated rings. The maximum absolute atomic E-state index is 11.1. The van der Waals surface area contributed by atoms with Crippen molar-refractivity contribution >= 4 is 21.6 Å². The van der Waals surface area contributed by atoms with Crippen LogP contribution in [0.1, 0.15) is 13.3 Å². The van der Waals surface area contributed by atoms with E-state index in [1.54, 1.807) is 18.7 Å². The highest BCUT2D eigenvalue weighted by atomic mass is 32.2. The first-order chi connectivity index (χ1) is 7.12. The van der Waals surface area contributed by atoms with Gasteiger partial charge in [-0.15, -0.1) is 18.2 Å². The van der Waals surface area contributed by atoms with E-state index in [-0.39, 0.29) is 11.5 Å². The van der Waals surface area contributed by atoms with Gasteiger partial charge in [0, 0.05) is 18.1 Å². The summed E-state index contributed by atoms with van der Waals surface area (Å²) in [5.74, 6) is 4.80. The molecule has 0 rings (SSSR count). The van der Waals surface area contributed by atoms with E-state index in [1.807, 2.05) is 0 Å². The largest absolute Gasteiger partial charge is 0.316 e. The Morgan fingerprint density at radius 2 is 2.13 bits per heavy atom. The van der Waals surface area contributed by atoms with E-state index in [0.717, 1.165) is 24.6 Å². The standard InChI is InChI=1S/C10H19NO2S2/c1-3-8-14-9-7-11-6-5-10-15(12,13)4-2/h1,11H,4-10H2,2H3. The number of terminal acetylenes is 1. The number of rotatable bonds is 9. The van der Waals surface area contributed by atoms with Gasteiger partial charge < -0.3 is 5.32 Å². The lowest BCUT2D eigenvalue weighted by Crippen LogP contribution is -2.21. The van der Waals surface area contributed by atoms with Crippen molar-refractivity contribution in [2.45, 2.75) is 13.3 Å². The normalized spacial score (nSPS) is 11.2. The lowest BCUT2D eigenvalue weighted by atomic mass is 10.5. The first-order valence-corrected chi connectivity index (χ1v) is 8.02. The summed E-state index contributed by atoms with van der Waals surface area (Å²) in [6.45, 7) is 3.33. The zero-order valence-corrected chi connectivity index (χ0v) is 10.8. The molecule has 0 heterocycles. The smallest absolute Gasteiger partial charge is 0.150 e. The molecular weight excluding hydrogens is 230 g/mol. The average molecular weight is 249 g/mol. The summed E-state index contributed by atoms with van der Waals surface area (Å²) in [7, 11) is -2.79. The molecule has 0 amide bonds. The van der Waals surface area contributed by atoms with Crippen molar-refractivity contribution in [3.63, 3.8) is 0 Å². The fourth-order valence-electron chi connectivity index (χ4n) is 0.962. The SMILES string of the molecule is C#CCSCCNCCCS(=O)(=O)CC. The van der Waals surface area contributed by atoms with E-state index in [2.05, 4.69) is 11.2 Å². The van der Waals surface area contributed by atoms with Crippen LogP contribution in [0, 0.1) is 12.3 Å². The Bertz CT molecular complexity index is 280. The molecule has 0 atom stereocenters. The van der Waals surface area contributed by atoms with Gasteiger partial charge in [0.2, 0.25) is 0 Å². The van der Waals surface area contributed by atoms with Crippen LogP contribution in [-0.4, -0.2) is 44.5 Å². The molecule has 88 valence electrons. The van der Waals surface area contributed by atoms with Gasteiger partial charge in [-0.2, -0.15) is 0 Å². The number of sulfone groups is 1. The molecule has 0 saturated carbocycles. The molecule has 0 aliphatic heterocycles. The summed E-state index contributed by atoms with van der Waals surface area (Å²) in [5, 5.41) is 3.19. The highest BCUT2D eigenvalue weighted by Gasteiger charge is 2.05. The second kappa shape index (κ2) is 9.08. The second-order valence-corrected chi connectivity index (χ2v) is 6.67. The van der Waals surface area contributed by atoms with Gasteiger partial charge in [0.15, 0.2) is 0 Å². The summed E-state index contributed by atoms with van der Waals surface area (Å²) in [4.78, 5) is 0. The average Bonchev–Trinajstić information content (AvgIpc) is 2.22. The Balaban J connectivity index is 3.23. The number of hydrogen-bond acceptors (Lipinski definition) is 4. The molecule has 5 heteroatoms. The van der Waals surface area contributed by atoms with Gasteiger partial charge in [0.1, 0.15) is 9.84 Å². The monoisotopic (exact) mass is 249 g/mol. The third-order valence-corrected chi connectivity index (χ3v) is 4.51. The number of hydrogen-bond donors (Lipinski definition) is 1. The Kier molecular flexibility index (Phi) is 8.97. The minimum atomic E-state index is -2.79. The molecule has 0 aromatic heterocycles. The van der Waals surface area contributed by atoms with E-state index < -0.39 is 9.84 Å². The van der Waals surface area contributed by atoms with Gasteiger partial charge in [-0.25, -0.2) is 8.42 Å². The molecule has 0 aromatic carbocycles. The van der Waals surface area contributed by atoms with Crippen molar-refractivity contribution in [2.24, 2.45) is 0 Å². The van der Waals surface area contributed by atoms with E-state index in [9.17, 15) is 8.42 Å². The molecule has 0 bridgehead atoms. The fourth-order valence-corrected chi connectivity index (χ4v) is 2.39. The van der Waals surface area contributed by atoms with Gasteiger partial charge in [-0.3, -0.25) is 0 Å². The first kappa shape index (κ1) is 14.8. The Labute approximate surface area is 97.3 Å². The number of nitrogens with one attached hydrogen (secondary N) is 1. The van der Waals surface area contributed by atoms with Crippen molar-refractivity contribution in [3.05, 3.63) is 0 Å². The third kappa shape index (κ3) is 10.1. The zero-order chi connectivity index (χ0) is 11.6. The van der Waals surface area contributed by atoms with Crippen LogP contribution in [0.25, 0.3) is 0 Å². The molecule has 0 spiro atoms. The maximum atomic E-state index is 11.1. The molecule has 0 unspecified atom stereocenters. The van der Waals surface area contributed by atoms with Crippen molar-refractivity contribution < 1.29 is 8.42 Å². The summed E-state index contributed by atoms with van der Waals surface area (Å²) >= 11 is 1.70. The minimum Gasteiger partial charge on any atom is -0.316 e. The molecule has 0 aliphatic rings. The van der Waals surface area contributed by atoms with Gasteiger partial charge in [-0.05, 0) is 13.0 Å². The predicted octanol–water partition coefficient (Wildman–Crippen LogP) is 0.767. The van der Waals surface area contributed by atoms with E-state index >= 15 is 0 Å². The third-order valence-electron chi connectivity index (χ3n) is 1.86. The van der Waals surface area contributed by atoms with Crippen LogP contribution < -0.4 is 5.32 Å². The van der Waals surface area contributed by atoms with E-state index in [4.69, 9.17) is 6.42 Å². The molecule has 0 aromatic rings. The fraction of sp³-hybridized carbons (Fsp3) is 0.800. The van der Waals surface area contributed by atoms with E-state index in [1.165, 1.54) is 0 Å². The Morgan fingerprint density at radius 3 is 2.73 bits per heavy atom. The van der Waals surface area contributed by atoms with Crippen LogP contribution in [0.15, 0.2) is 0 Å². The summed E-state index contributed by atoms with van der Waals surface area (Å²) < 4.78 is 22.2. The zero-order valence-electron chi connectivity index (χ0n) is 9.16. The van der Waals surface area contributed by atoms with Crippen LogP contribution in [0.4, 0.5) is 0 Å². The van der Waals surface area contributed by atoms with Crippen LogP contribution in [0.3, 0.4) is 0 Å². The Morgan fingerprint density at radius 1 is 1.40 bits per heavy atom. The molecular formula is C10H19NO2S2. The molecule has 3 nitrogen and oxygen atoms in total. The maximum Gasteiger partial charge on any atom is 0.150 e. The quantitative estimate of drug-likeness (QED) is 0.484. The van der Waals surface area contributed by atoms with Gasteiger partial charge in [0.25, 0.3) is 0 Å². The van der Waals surface area contributed by atoms with E-state index in [0.29, 0.717) is 6.42 Å². The van der Waals surface area contributed by atoms with Gasteiger partial charge in [-0.1, -0.05) is 12.8 Å². The van der Waals surface area contributed by atoms with Crippen LogP contribution in [-0.2, 0) is 9.84 Å². The van der Waals surface area contributed by atoms with Crippen molar-refractivity contribution in [1.82, 2.24) is 5.32 Å². The summed E-state index contributed by atoms with van der Waals surface area (Å²) in [6.07, 6.45) is 5.79. The molecule has 1 N–H and O–H groups in total. The highest BCUT2D eigenvalue weighted by Crippen LogP contribution is 1.96. The first-order valence-electron chi connectivity index (χ1n) is 5.04. The van der Waals surface area contributed by atoms with Crippen molar-refractivity contribution in [2.75, 3.05) is 36.1 Å². The van der Waals surface area contributed by atoms with Gasteiger partial charge in [0.05, 0.1) is 11.5 Å². The lowest BCUT2D eigenvalue weighted by molar-refractivity contribution is 0.591. The molecule has 0 radical (unpaired) electrons. The Hall–Kier alpha value is -0.180. The van der Waals surface area contributed by atoms with Gasteiger partial charge >= 0.3 is 0 Å². The number of thioether (sulfide) groups is 1. The topological polar surface area (TPSA) is 46.2 Å². The summed E-state index contributed by atoms with van der Waals surface area (Å²) in [5.41, 5.74) is 0. The van der Waals surface area contributed by atoms with Crippen LogP contribution >= 0.6 is 11.8 Å². The predicted molar refractivity (Wildman–Crippen MR) is 68.0 cm³/mol. The highest BCUT2D eigenvalue weighted by molar-refractivity contribution is 7.99. The molecule has 0 saturated heterocycles. The van der Waals surface area contributed by atoms with Crippen LogP contribution in [0.5, 0.6) is 0 Å². The lowest BCUT2D eigenvalue weighted by Gasteiger charge is -2.03. The minimum absolute atomic E-state index is 0.241. The second-order valence-electron chi connectivity index (χ2n) is 3.10. The summed E-state index contributed by atoms with van der Waals surface area (Å²) in [6, 6.07) is 0. The van der Waals surface area contributed by atoms with Crippen molar-refractivity contribution in [1.29, 1.82) is 0 Å².